The summed E-state index contributed by atoms with van der Waals surface area (Å²) in [7, 11) is 0. The van der Waals surface area contributed by atoms with E-state index in [0.717, 1.165) is 24.8 Å². The van der Waals surface area contributed by atoms with E-state index >= 15 is 0 Å². The molecule has 142 valence electrons. The summed E-state index contributed by atoms with van der Waals surface area (Å²) in [5.41, 5.74) is 1.43. The molecule has 0 spiro atoms. The molecule has 0 unspecified atom stereocenters. The number of fused-ring (bicyclic) bond motifs is 1. The van der Waals surface area contributed by atoms with Crippen LogP contribution in [0.3, 0.4) is 0 Å². The lowest BCUT2D eigenvalue weighted by Gasteiger charge is -2.11. The molecule has 1 heterocycles. The number of hydrogen-bond acceptors (Lipinski definition) is 4. The molecular formula is C22H22N4O2. The molecule has 0 atom stereocenters. The summed E-state index contributed by atoms with van der Waals surface area (Å²) < 4.78 is 1.39. The quantitative estimate of drug-likeness (QED) is 0.642. The molecule has 6 heteroatoms. The van der Waals surface area contributed by atoms with Gasteiger partial charge in [0.2, 0.25) is 0 Å². The largest absolute Gasteiger partial charge is 0.347 e. The Bertz CT molecular complexity index is 1100. The zero-order valence-electron chi connectivity index (χ0n) is 15.8. The van der Waals surface area contributed by atoms with Crippen molar-refractivity contribution >= 4 is 16.7 Å². The minimum absolute atomic E-state index is 0.176. The van der Waals surface area contributed by atoms with Crippen molar-refractivity contribution < 1.29 is 4.79 Å². The fraction of sp³-hybridized carbons (Fsp3) is 0.273. The molecule has 2 aromatic carbocycles. The summed E-state index contributed by atoms with van der Waals surface area (Å²) in [6.07, 6.45) is 2.87. The smallest absolute Gasteiger partial charge is 0.274 e. The minimum atomic E-state index is -0.345. The van der Waals surface area contributed by atoms with Crippen LogP contribution < -0.4 is 10.9 Å². The Balaban J connectivity index is 1.89. The van der Waals surface area contributed by atoms with Crippen LogP contribution in [0.25, 0.3) is 10.8 Å². The van der Waals surface area contributed by atoms with Gasteiger partial charge in [-0.15, -0.1) is 0 Å². The monoisotopic (exact) mass is 374 g/mol. The number of carbonyl (C=O) groups is 1. The highest BCUT2D eigenvalue weighted by Crippen LogP contribution is 2.14. The van der Waals surface area contributed by atoms with Gasteiger partial charge < -0.3 is 5.32 Å². The second-order valence-electron chi connectivity index (χ2n) is 6.62. The van der Waals surface area contributed by atoms with Crippen molar-refractivity contribution in [2.45, 2.75) is 39.3 Å². The van der Waals surface area contributed by atoms with Crippen LogP contribution in [-0.4, -0.2) is 15.7 Å². The lowest BCUT2D eigenvalue weighted by molar-refractivity contribution is 0.0945. The van der Waals surface area contributed by atoms with Crippen LogP contribution in [-0.2, 0) is 13.1 Å². The highest BCUT2D eigenvalue weighted by Gasteiger charge is 2.16. The number of nitriles is 1. The van der Waals surface area contributed by atoms with Crippen LogP contribution in [0.4, 0.5) is 0 Å². The first kappa shape index (κ1) is 19.3. The Morgan fingerprint density at radius 3 is 2.68 bits per heavy atom. The van der Waals surface area contributed by atoms with E-state index in [9.17, 15) is 9.59 Å². The normalized spacial score (nSPS) is 10.6. The van der Waals surface area contributed by atoms with Crippen LogP contribution in [0.1, 0.15) is 47.8 Å². The minimum Gasteiger partial charge on any atom is -0.347 e. The number of nitrogens with zero attached hydrogens (tertiary/aromatic N) is 3. The molecule has 1 amide bonds. The Labute approximate surface area is 163 Å². The van der Waals surface area contributed by atoms with Gasteiger partial charge in [0, 0.05) is 18.5 Å². The number of nitrogens with one attached hydrogen (secondary N) is 1. The van der Waals surface area contributed by atoms with E-state index in [2.05, 4.69) is 23.4 Å². The molecular weight excluding hydrogens is 352 g/mol. The topological polar surface area (TPSA) is 87.8 Å². The van der Waals surface area contributed by atoms with Gasteiger partial charge in [0.25, 0.3) is 11.5 Å². The van der Waals surface area contributed by atoms with Crippen LogP contribution in [0.5, 0.6) is 0 Å². The van der Waals surface area contributed by atoms with Gasteiger partial charge in [0.1, 0.15) is 0 Å². The van der Waals surface area contributed by atoms with Crippen LogP contribution in [0.2, 0.25) is 0 Å². The molecule has 0 saturated carbocycles. The van der Waals surface area contributed by atoms with E-state index in [4.69, 9.17) is 5.26 Å². The van der Waals surface area contributed by atoms with Crippen LogP contribution in [0.15, 0.2) is 53.3 Å². The fourth-order valence-corrected chi connectivity index (χ4v) is 3.08. The van der Waals surface area contributed by atoms with Gasteiger partial charge in [-0.1, -0.05) is 50.1 Å². The van der Waals surface area contributed by atoms with Crippen molar-refractivity contribution in [1.82, 2.24) is 15.1 Å². The molecule has 0 fully saturated rings. The Kier molecular flexibility index (Phi) is 6.18. The predicted octanol–water partition coefficient (Wildman–Crippen LogP) is 3.39. The molecule has 0 aliphatic heterocycles. The van der Waals surface area contributed by atoms with E-state index < -0.39 is 0 Å². The van der Waals surface area contributed by atoms with Crippen LogP contribution >= 0.6 is 0 Å². The number of amides is 1. The fourth-order valence-electron chi connectivity index (χ4n) is 3.08. The third-order valence-corrected chi connectivity index (χ3v) is 4.57. The molecule has 3 aromatic rings. The summed E-state index contributed by atoms with van der Waals surface area (Å²) in [5, 5.41) is 17.2. The van der Waals surface area contributed by atoms with Gasteiger partial charge in [0.05, 0.1) is 17.0 Å². The van der Waals surface area contributed by atoms with Crippen molar-refractivity contribution in [2.24, 2.45) is 0 Å². The first-order valence-corrected chi connectivity index (χ1v) is 9.41. The second-order valence-corrected chi connectivity index (χ2v) is 6.62. The van der Waals surface area contributed by atoms with Crippen molar-refractivity contribution in [3.8, 4) is 6.07 Å². The second kappa shape index (κ2) is 8.96. The summed E-state index contributed by atoms with van der Waals surface area (Å²) in [6.45, 7) is 2.86. The molecule has 1 N–H and O–H groups in total. The summed E-state index contributed by atoms with van der Waals surface area (Å²) in [4.78, 5) is 25.5. The van der Waals surface area contributed by atoms with E-state index in [0.29, 0.717) is 22.9 Å². The molecule has 0 bridgehead atoms. The van der Waals surface area contributed by atoms with Crippen molar-refractivity contribution in [1.29, 1.82) is 5.26 Å². The van der Waals surface area contributed by atoms with Crippen LogP contribution in [0, 0.1) is 11.3 Å². The van der Waals surface area contributed by atoms with Gasteiger partial charge >= 0.3 is 0 Å². The van der Waals surface area contributed by atoms with E-state index in [1.165, 1.54) is 4.68 Å². The van der Waals surface area contributed by atoms with Gasteiger partial charge in [-0.25, -0.2) is 4.68 Å². The van der Waals surface area contributed by atoms with E-state index in [1.807, 2.05) is 6.07 Å². The molecule has 3 rings (SSSR count). The van der Waals surface area contributed by atoms with Gasteiger partial charge in [0.15, 0.2) is 5.69 Å². The summed E-state index contributed by atoms with van der Waals surface area (Å²) >= 11 is 0. The number of aromatic nitrogens is 2. The van der Waals surface area contributed by atoms with Gasteiger partial charge in [-0.2, -0.15) is 10.4 Å². The Morgan fingerprint density at radius 2 is 1.93 bits per heavy atom. The molecule has 0 aliphatic carbocycles. The highest BCUT2D eigenvalue weighted by molar-refractivity contribution is 6.04. The number of rotatable bonds is 7. The molecule has 0 radical (unpaired) electrons. The molecule has 28 heavy (non-hydrogen) atoms. The van der Waals surface area contributed by atoms with Crippen molar-refractivity contribution in [3.63, 3.8) is 0 Å². The molecule has 6 nitrogen and oxygen atoms in total. The summed E-state index contributed by atoms with van der Waals surface area (Å²) in [5.74, 6) is -0.345. The summed E-state index contributed by atoms with van der Waals surface area (Å²) in [6, 6.07) is 16.2. The number of aryl methyl sites for hydroxylation is 1. The van der Waals surface area contributed by atoms with E-state index in [-0.39, 0.29) is 23.7 Å². The average molecular weight is 374 g/mol. The maximum absolute atomic E-state index is 12.8. The Hall–Kier alpha value is -3.46. The van der Waals surface area contributed by atoms with Gasteiger partial charge in [-0.05, 0) is 30.2 Å². The third kappa shape index (κ3) is 4.26. The third-order valence-electron chi connectivity index (χ3n) is 4.57. The molecule has 0 aliphatic rings. The number of carbonyl (C=O) groups excluding carboxylic acids is 1. The number of benzene rings is 2. The predicted molar refractivity (Wildman–Crippen MR) is 108 cm³/mol. The Morgan fingerprint density at radius 1 is 1.14 bits per heavy atom. The van der Waals surface area contributed by atoms with Crippen molar-refractivity contribution in [2.75, 3.05) is 0 Å². The maximum Gasteiger partial charge on any atom is 0.274 e. The number of unbranched alkanes of at least 4 members (excludes halogenated alkanes) is 2. The van der Waals surface area contributed by atoms with Gasteiger partial charge in [-0.3, -0.25) is 9.59 Å². The van der Waals surface area contributed by atoms with E-state index in [1.54, 1.807) is 42.5 Å². The van der Waals surface area contributed by atoms with Crippen molar-refractivity contribution in [3.05, 3.63) is 75.7 Å². The lowest BCUT2D eigenvalue weighted by atomic mass is 10.1. The first-order valence-electron chi connectivity index (χ1n) is 9.41. The highest BCUT2D eigenvalue weighted by atomic mass is 16.2. The zero-order chi connectivity index (χ0) is 19.9. The standard InChI is InChI=1S/C22H22N4O2/c1-2-3-6-12-26-22(28)19-11-5-4-10-18(19)20(25-26)21(27)24-15-17-9-7-8-16(13-17)14-23/h4-5,7-11,13H,2-3,6,12,15H2,1H3,(H,24,27). The molecule has 0 saturated heterocycles. The maximum atomic E-state index is 12.8. The molecule has 1 aromatic heterocycles. The average Bonchev–Trinajstić information content (AvgIpc) is 2.74. The SMILES string of the molecule is CCCCCn1nc(C(=O)NCc2cccc(C#N)c2)c2ccccc2c1=O. The first-order chi connectivity index (χ1) is 13.6. The lowest BCUT2D eigenvalue weighted by Crippen LogP contribution is -2.30. The zero-order valence-corrected chi connectivity index (χ0v) is 15.8. The number of hydrogen-bond donors (Lipinski definition) is 1.